The molecule has 2 aromatic heterocycles. The molecule has 1 fully saturated rings. The molecular weight excluding hydrogens is 442 g/mol. The van der Waals surface area contributed by atoms with Crippen LogP contribution in [0.4, 0.5) is 5.69 Å². The van der Waals surface area contributed by atoms with Crippen LogP contribution in [0.15, 0.2) is 30.6 Å². The van der Waals surface area contributed by atoms with E-state index in [1.54, 1.807) is 23.4 Å². The van der Waals surface area contributed by atoms with E-state index in [0.717, 1.165) is 21.8 Å². The van der Waals surface area contributed by atoms with E-state index in [1.165, 1.54) is 0 Å². The van der Waals surface area contributed by atoms with Crippen LogP contribution in [0, 0.1) is 0 Å². The average Bonchev–Trinajstić information content (AvgIpc) is 3.13. The van der Waals surface area contributed by atoms with Crippen molar-refractivity contribution in [1.82, 2.24) is 19.8 Å². The van der Waals surface area contributed by atoms with E-state index in [2.05, 4.69) is 15.3 Å². The lowest BCUT2D eigenvalue weighted by Gasteiger charge is -2.43. The molecule has 0 unspecified atom stereocenters. The fourth-order valence-corrected chi connectivity index (χ4v) is 4.66. The van der Waals surface area contributed by atoms with Gasteiger partial charge in [0.25, 0.3) is 0 Å². The number of hydrogen-bond donors (Lipinski definition) is 2. The van der Waals surface area contributed by atoms with Crippen LogP contribution < -0.4 is 5.32 Å². The minimum atomic E-state index is -0.599. The Morgan fingerprint density at radius 1 is 1.30 bits per heavy atom. The number of aromatic amines is 1. The van der Waals surface area contributed by atoms with Crippen LogP contribution in [0.5, 0.6) is 0 Å². The molecule has 1 saturated heterocycles. The number of hydrogen-bond acceptors (Lipinski definition) is 5. The van der Waals surface area contributed by atoms with E-state index in [4.69, 9.17) is 16.3 Å². The first kappa shape index (κ1) is 23.5. The highest BCUT2D eigenvalue weighted by Crippen LogP contribution is 2.33. The maximum atomic E-state index is 13.4. The largest absolute Gasteiger partial charge is 0.372 e. The minimum Gasteiger partial charge on any atom is -0.372 e. The Kier molecular flexibility index (Phi) is 6.61. The number of H-pyrrole nitrogens is 1. The van der Waals surface area contributed by atoms with Crippen molar-refractivity contribution in [2.24, 2.45) is 0 Å². The number of nitrogens with zero attached hydrogens (tertiary/aromatic N) is 3. The van der Waals surface area contributed by atoms with Gasteiger partial charge >= 0.3 is 0 Å². The van der Waals surface area contributed by atoms with Crippen molar-refractivity contribution in [2.75, 3.05) is 38.1 Å². The van der Waals surface area contributed by atoms with Crippen LogP contribution >= 0.6 is 11.6 Å². The summed E-state index contributed by atoms with van der Waals surface area (Å²) in [6.45, 7) is 9.95. The molecule has 176 valence electrons. The van der Waals surface area contributed by atoms with Crippen molar-refractivity contribution in [3.63, 3.8) is 0 Å². The monoisotopic (exact) mass is 471 g/mol. The Bertz CT molecular complexity index is 1190. The van der Waals surface area contributed by atoms with E-state index in [1.807, 2.05) is 44.7 Å². The molecule has 33 heavy (non-hydrogen) atoms. The number of pyridine rings is 1. The summed E-state index contributed by atoms with van der Waals surface area (Å²) in [5.74, 6) is -0.234. The Balaban J connectivity index is 1.62. The zero-order valence-corrected chi connectivity index (χ0v) is 20.2. The fourth-order valence-electron chi connectivity index (χ4n) is 4.44. The molecule has 1 atom stereocenters. The van der Waals surface area contributed by atoms with Crippen LogP contribution in [-0.2, 0) is 14.3 Å². The van der Waals surface area contributed by atoms with E-state index in [0.29, 0.717) is 30.3 Å². The van der Waals surface area contributed by atoms with Gasteiger partial charge < -0.3 is 19.9 Å². The molecule has 0 aliphatic carbocycles. The first-order valence-electron chi connectivity index (χ1n) is 11.2. The van der Waals surface area contributed by atoms with Crippen molar-refractivity contribution in [3.05, 3.63) is 35.6 Å². The van der Waals surface area contributed by atoms with Crippen molar-refractivity contribution < 1.29 is 14.3 Å². The Hall–Kier alpha value is -2.68. The van der Waals surface area contributed by atoms with Gasteiger partial charge in [-0.05, 0) is 45.9 Å². The van der Waals surface area contributed by atoms with Gasteiger partial charge in [-0.3, -0.25) is 19.5 Å². The number of ether oxygens (including phenoxy) is 1. The lowest BCUT2D eigenvalue weighted by molar-refractivity contribution is -0.150. The number of fused-ring (bicyclic) bond motifs is 3. The Morgan fingerprint density at radius 3 is 2.79 bits per heavy atom. The number of anilines is 1. The summed E-state index contributed by atoms with van der Waals surface area (Å²) in [4.78, 5) is 37.4. The Labute approximate surface area is 198 Å². The normalized spacial score (nSPS) is 18.5. The summed E-state index contributed by atoms with van der Waals surface area (Å²) in [6, 6.07) is 4.90. The standard InChI is InChI=1S/C24H30ClN5O3/c1-5-29(6-2)21(31)12-30-14-24(3,4)33-13-20(30)23(32)28-18-10-15(25)9-17-16-7-8-26-11-19(16)27-22(17)18/h7-11,20,27H,5-6,12-14H2,1-4H3,(H,28,32)/t20-/m0/s1. The number of likely N-dealkylation sites (N-methyl/N-ethyl adjacent to an activating group) is 1. The third-order valence-electron chi connectivity index (χ3n) is 6.15. The lowest BCUT2D eigenvalue weighted by Crippen LogP contribution is -2.60. The van der Waals surface area contributed by atoms with E-state index >= 15 is 0 Å². The molecule has 3 heterocycles. The number of aromatic nitrogens is 2. The Morgan fingerprint density at radius 2 is 2.06 bits per heavy atom. The number of benzene rings is 1. The van der Waals surface area contributed by atoms with Gasteiger partial charge in [-0.15, -0.1) is 0 Å². The maximum Gasteiger partial charge on any atom is 0.244 e. The number of morpholine rings is 1. The molecule has 0 saturated carbocycles. The maximum absolute atomic E-state index is 13.4. The SMILES string of the molecule is CCN(CC)C(=O)CN1CC(C)(C)OC[C@H]1C(=O)Nc1cc(Cl)cc2c1[nH]c1cnccc12. The van der Waals surface area contributed by atoms with Crippen LogP contribution in [0.2, 0.25) is 5.02 Å². The quantitative estimate of drug-likeness (QED) is 0.572. The molecule has 1 aliphatic rings. The summed E-state index contributed by atoms with van der Waals surface area (Å²) < 4.78 is 5.95. The van der Waals surface area contributed by atoms with Gasteiger partial charge in [-0.1, -0.05) is 11.6 Å². The second kappa shape index (κ2) is 9.29. The molecule has 2 N–H and O–H groups in total. The zero-order valence-electron chi connectivity index (χ0n) is 19.4. The van der Waals surface area contributed by atoms with E-state index in [-0.39, 0.29) is 25.0 Å². The fraction of sp³-hybridized carbons (Fsp3) is 0.458. The van der Waals surface area contributed by atoms with Gasteiger partial charge in [-0.2, -0.15) is 0 Å². The van der Waals surface area contributed by atoms with Gasteiger partial charge in [0.2, 0.25) is 11.8 Å². The summed E-state index contributed by atoms with van der Waals surface area (Å²) >= 11 is 6.39. The first-order chi connectivity index (χ1) is 15.7. The predicted octanol–water partition coefficient (Wildman–Crippen LogP) is 3.66. The van der Waals surface area contributed by atoms with Gasteiger partial charge in [-0.25, -0.2) is 0 Å². The van der Waals surface area contributed by atoms with Crippen molar-refractivity contribution in [1.29, 1.82) is 0 Å². The van der Waals surface area contributed by atoms with Crippen molar-refractivity contribution >= 4 is 50.9 Å². The highest BCUT2D eigenvalue weighted by molar-refractivity contribution is 6.33. The smallest absolute Gasteiger partial charge is 0.244 e. The van der Waals surface area contributed by atoms with E-state index < -0.39 is 11.6 Å². The van der Waals surface area contributed by atoms with Gasteiger partial charge in [0.05, 0.1) is 41.7 Å². The summed E-state index contributed by atoms with van der Waals surface area (Å²) in [6.07, 6.45) is 3.47. The third-order valence-corrected chi connectivity index (χ3v) is 6.36. The molecule has 1 aliphatic heterocycles. The number of amides is 2. The van der Waals surface area contributed by atoms with Crippen molar-refractivity contribution in [2.45, 2.75) is 39.3 Å². The number of halogens is 1. The molecular formula is C24H30ClN5O3. The number of rotatable bonds is 6. The summed E-state index contributed by atoms with van der Waals surface area (Å²) in [7, 11) is 0. The van der Waals surface area contributed by atoms with Gasteiger partial charge in [0.15, 0.2) is 0 Å². The van der Waals surface area contributed by atoms with Crippen LogP contribution in [0.25, 0.3) is 21.8 Å². The number of carbonyl (C=O) groups excluding carboxylic acids is 2. The van der Waals surface area contributed by atoms with Crippen molar-refractivity contribution in [3.8, 4) is 0 Å². The summed E-state index contributed by atoms with van der Waals surface area (Å²) in [5, 5.41) is 5.43. The second-order valence-corrected chi connectivity index (χ2v) is 9.41. The number of nitrogens with one attached hydrogen (secondary N) is 2. The minimum absolute atomic E-state index is 0.00348. The molecule has 8 nitrogen and oxygen atoms in total. The molecule has 0 bridgehead atoms. The third kappa shape index (κ3) is 4.83. The first-order valence-corrected chi connectivity index (χ1v) is 11.6. The second-order valence-electron chi connectivity index (χ2n) is 8.97. The molecule has 2 amide bonds. The van der Waals surface area contributed by atoms with Gasteiger partial charge in [0.1, 0.15) is 6.04 Å². The number of carbonyl (C=O) groups is 2. The highest BCUT2D eigenvalue weighted by atomic mass is 35.5. The van der Waals surface area contributed by atoms with E-state index in [9.17, 15) is 9.59 Å². The van der Waals surface area contributed by atoms with Crippen LogP contribution in [0.3, 0.4) is 0 Å². The van der Waals surface area contributed by atoms with Crippen LogP contribution in [0.1, 0.15) is 27.7 Å². The van der Waals surface area contributed by atoms with Gasteiger partial charge in [0, 0.05) is 41.6 Å². The molecule has 0 radical (unpaired) electrons. The summed E-state index contributed by atoms with van der Waals surface area (Å²) in [5.41, 5.74) is 1.77. The molecule has 1 aromatic carbocycles. The topological polar surface area (TPSA) is 90.6 Å². The molecule has 9 heteroatoms. The molecule has 4 rings (SSSR count). The highest BCUT2D eigenvalue weighted by Gasteiger charge is 2.39. The predicted molar refractivity (Wildman–Crippen MR) is 131 cm³/mol. The molecule has 3 aromatic rings. The average molecular weight is 472 g/mol. The van der Waals surface area contributed by atoms with Crippen LogP contribution in [-0.4, -0.2) is 76.0 Å². The lowest BCUT2D eigenvalue weighted by atomic mass is 10.0. The zero-order chi connectivity index (χ0) is 23.8. The molecule has 0 spiro atoms.